The first kappa shape index (κ1) is 43.2. The first-order valence-electron chi connectivity index (χ1n) is 19.6. The average molecular weight is 839 g/mol. The van der Waals surface area contributed by atoms with Gasteiger partial charge in [-0.2, -0.15) is 26.3 Å². The molecule has 1 aliphatic carbocycles. The molecule has 3 unspecified atom stereocenters. The second-order valence-electron chi connectivity index (χ2n) is 15.8. The van der Waals surface area contributed by atoms with E-state index >= 15 is 4.79 Å². The van der Waals surface area contributed by atoms with Crippen LogP contribution in [0.3, 0.4) is 0 Å². The van der Waals surface area contributed by atoms with Crippen LogP contribution in [0.2, 0.25) is 0 Å². The van der Waals surface area contributed by atoms with Crippen LogP contribution in [0.25, 0.3) is 0 Å². The number of benzene rings is 1. The summed E-state index contributed by atoms with van der Waals surface area (Å²) in [5, 5.41) is 10.9. The first-order chi connectivity index (χ1) is 27.3. The molecule has 6 rings (SSSR count). The molecule has 3 aliphatic rings. The van der Waals surface area contributed by atoms with Crippen molar-refractivity contribution < 1.29 is 55.3 Å². The van der Waals surface area contributed by atoms with E-state index < -0.39 is 68.9 Å². The lowest BCUT2D eigenvalue weighted by Gasteiger charge is -2.51. The predicted octanol–water partition coefficient (Wildman–Crippen LogP) is 8.68. The molecule has 3 N–H and O–H groups in total. The van der Waals surface area contributed by atoms with E-state index in [9.17, 15) is 41.0 Å². The lowest BCUT2D eigenvalue weighted by atomic mass is 9.66. The van der Waals surface area contributed by atoms with Gasteiger partial charge in [0.25, 0.3) is 11.8 Å². The average Bonchev–Trinajstić information content (AvgIpc) is 3.64. The van der Waals surface area contributed by atoms with Crippen molar-refractivity contribution in [3.63, 3.8) is 0 Å². The second kappa shape index (κ2) is 16.7. The second-order valence-corrected chi connectivity index (χ2v) is 16.7. The number of carbonyl (C=O) groups excluding carboxylic acids is 2. The van der Waals surface area contributed by atoms with Gasteiger partial charge < -0.3 is 30.1 Å². The third kappa shape index (κ3) is 8.66. The summed E-state index contributed by atoms with van der Waals surface area (Å²) in [6, 6.07) is 8.70. The van der Waals surface area contributed by atoms with E-state index in [1.165, 1.54) is 4.90 Å². The lowest BCUT2D eigenvalue weighted by molar-refractivity contribution is -0.161. The minimum Gasteiger partial charge on any atom is -0.490 e. The van der Waals surface area contributed by atoms with Gasteiger partial charge >= 0.3 is 18.3 Å². The van der Waals surface area contributed by atoms with Crippen LogP contribution in [0.5, 0.6) is 11.5 Å². The van der Waals surface area contributed by atoms with E-state index in [1.54, 1.807) is 19.1 Å². The highest BCUT2D eigenvalue weighted by molar-refractivity contribution is 7.10. The molecular weight excluding hydrogens is 791 g/mol. The molecule has 0 radical (unpaired) electrons. The molecular formula is C41H48F6N4O6S. The molecule has 10 nitrogen and oxygen atoms in total. The number of carbonyl (C=O) groups is 3. The molecule has 2 aliphatic heterocycles. The molecule has 17 heteroatoms. The monoisotopic (exact) mass is 838 g/mol. The Hall–Kier alpha value is -4.38. The third-order valence-corrected chi connectivity index (χ3v) is 13.0. The van der Waals surface area contributed by atoms with E-state index in [-0.39, 0.29) is 63.6 Å². The van der Waals surface area contributed by atoms with Crippen LogP contribution in [-0.4, -0.2) is 75.1 Å². The normalized spacial score (nSPS) is 22.5. The van der Waals surface area contributed by atoms with Gasteiger partial charge in [-0.25, -0.2) is 0 Å². The zero-order valence-corrected chi connectivity index (χ0v) is 33.2. The van der Waals surface area contributed by atoms with E-state index in [1.807, 2.05) is 19.1 Å². The van der Waals surface area contributed by atoms with Crippen LogP contribution in [0.15, 0.2) is 54.0 Å². The smallest absolute Gasteiger partial charge is 0.425 e. The number of aromatic nitrogens is 1. The number of likely N-dealkylation sites (tertiary alicyclic amines) is 2. The third-order valence-electron chi connectivity index (χ3n) is 12.0. The molecule has 3 aromatic rings. The molecule has 2 aromatic heterocycles. The molecule has 0 spiro atoms. The molecule has 3 fully saturated rings. The van der Waals surface area contributed by atoms with Gasteiger partial charge in [-0.3, -0.25) is 19.4 Å². The van der Waals surface area contributed by atoms with Crippen molar-refractivity contribution in [2.24, 2.45) is 11.1 Å². The van der Waals surface area contributed by atoms with Crippen LogP contribution in [0, 0.1) is 5.41 Å². The highest BCUT2D eigenvalue weighted by atomic mass is 32.1. The maximum absolute atomic E-state index is 15.0. The number of nitrogens with zero attached hydrogens (tertiary/aromatic N) is 3. The molecule has 4 heterocycles. The minimum absolute atomic E-state index is 0.0200. The number of rotatable bonds is 13. The Morgan fingerprint density at radius 3 is 2.29 bits per heavy atom. The van der Waals surface area contributed by atoms with Gasteiger partial charge in [0.15, 0.2) is 0 Å². The molecule has 2 saturated heterocycles. The van der Waals surface area contributed by atoms with Crippen molar-refractivity contribution in [3.05, 3.63) is 75.7 Å². The zero-order chi connectivity index (χ0) is 42.1. The molecule has 2 amide bonds. The summed E-state index contributed by atoms with van der Waals surface area (Å²) >= 11 is 0.381. The Labute approximate surface area is 336 Å². The maximum atomic E-state index is 15.0. The Kier molecular flexibility index (Phi) is 12.4. The van der Waals surface area contributed by atoms with E-state index in [0.717, 1.165) is 41.1 Å². The number of hydrogen-bond acceptors (Lipinski definition) is 8. The van der Waals surface area contributed by atoms with Gasteiger partial charge in [0.2, 0.25) is 5.60 Å². The number of hydrogen-bond donors (Lipinski definition) is 2. The van der Waals surface area contributed by atoms with Crippen molar-refractivity contribution in [1.82, 2.24) is 14.8 Å². The van der Waals surface area contributed by atoms with Crippen molar-refractivity contribution in [3.8, 4) is 11.5 Å². The van der Waals surface area contributed by atoms with Gasteiger partial charge in [-0.05, 0) is 76.5 Å². The maximum Gasteiger partial charge on any atom is 0.425 e. The summed E-state index contributed by atoms with van der Waals surface area (Å²) in [6.07, 6.45) is -4.68. The number of carboxylic acids is 1. The Balaban J connectivity index is 1.27. The molecule has 58 heavy (non-hydrogen) atoms. The van der Waals surface area contributed by atoms with E-state index in [2.05, 4.69) is 4.98 Å². The number of ether oxygens (including phenoxy) is 2. The van der Waals surface area contributed by atoms with Crippen LogP contribution in [0.1, 0.15) is 111 Å². The van der Waals surface area contributed by atoms with Crippen molar-refractivity contribution in [1.29, 1.82) is 0 Å². The number of thiophene rings is 1. The van der Waals surface area contributed by atoms with Crippen LogP contribution < -0.4 is 15.2 Å². The van der Waals surface area contributed by atoms with Gasteiger partial charge in [0, 0.05) is 54.8 Å². The molecule has 1 saturated carbocycles. The van der Waals surface area contributed by atoms with Crippen molar-refractivity contribution in [2.75, 3.05) is 19.6 Å². The number of halogens is 6. The largest absolute Gasteiger partial charge is 0.490 e. The summed E-state index contributed by atoms with van der Waals surface area (Å²) in [4.78, 5) is 46.5. The number of pyridine rings is 1. The quantitative estimate of drug-likeness (QED) is 0.163. The minimum atomic E-state index is -4.91. The number of piperidine rings is 2. The highest BCUT2D eigenvalue weighted by Crippen LogP contribution is 2.47. The fraction of sp³-hybridized carbons (Fsp3) is 0.561. The molecule has 0 bridgehead atoms. The number of carboxylic acid groups (broad SMARTS) is 1. The lowest BCUT2D eigenvalue weighted by Crippen LogP contribution is -2.69. The molecule has 316 valence electrons. The topological polar surface area (TPSA) is 135 Å². The summed E-state index contributed by atoms with van der Waals surface area (Å²) in [6.45, 7) is 3.79. The molecule has 1 aromatic carbocycles. The van der Waals surface area contributed by atoms with Gasteiger partial charge in [-0.1, -0.05) is 38.0 Å². The van der Waals surface area contributed by atoms with Crippen LogP contribution >= 0.6 is 11.3 Å². The van der Waals surface area contributed by atoms with Crippen LogP contribution in [0.4, 0.5) is 26.3 Å². The van der Waals surface area contributed by atoms with E-state index in [4.69, 9.17) is 15.2 Å². The van der Waals surface area contributed by atoms with Gasteiger partial charge in [-0.15, -0.1) is 11.3 Å². The van der Waals surface area contributed by atoms with Crippen molar-refractivity contribution in [2.45, 2.75) is 120 Å². The van der Waals surface area contributed by atoms with Gasteiger partial charge in [0.1, 0.15) is 22.1 Å². The Morgan fingerprint density at radius 2 is 1.69 bits per heavy atom. The standard InChI is InChI=1S/C41H48F6N4O6S/c1-3-9-31-39(57-27-24-32(58-25-27)41(45,46)47,16-8-21-51(31)34(52)33-29(40(42,43)44)11-6-20-49-33)35(53)50-22-18-38(48,19-23-50)28-10-4-5-12-30(28)56-26(2)13-17-37(36(54)55)14-7-15-37/h4-6,10-12,20,24-26,31H,3,7-9,13-19,21-23,48H2,1-2H3,(H,54,55). The highest BCUT2D eigenvalue weighted by Gasteiger charge is 2.57. The van der Waals surface area contributed by atoms with Gasteiger partial charge in [0.05, 0.1) is 23.1 Å². The summed E-state index contributed by atoms with van der Waals surface area (Å²) in [7, 11) is 0. The Bertz CT molecular complexity index is 1960. The SMILES string of the molecule is CCCC1N(C(=O)c2ncccc2C(F)(F)F)CCCC1(Oc1csc(C(F)(F)F)c1)C(=O)N1CCC(N)(c2ccccc2OC(C)CCC2(C(=O)O)CCC2)CC1. The number of alkyl halides is 6. The number of amides is 2. The van der Waals surface area contributed by atoms with Crippen LogP contribution in [-0.2, 0) is 27.5 Å². The fourth-order valence-corrected chi connectivity index (χ4v) is 9.31. The van der Waals surface area contributed by atoms with E-state index in [0.29, 0.717) is 54.8 Å². The predicted molar refractivity (Wildman–Crippen MR) is 202 cm³/mol. The zero-order valence-electron chi connectivity index (χ0n) is 32.3. The number of nitrogens with two attached hydrogens (primary N) is 1. The summed E-state index contributed by atoms with van der Waals surface area (Å²) in [5.74, 6) is -2.18. The molecule has 3 atom stereocenters. The van der Waals surface area contributed by atoms with Crippen molar-refractivity contribution >= 4 is 29.1 Å². The summed E-state index contributed by atoms with van der Waals surface area (Å²) < 4.78 is 96.3. The fourth-order valence-electron chi connectivity index (χ4n) is 8.63. The number of para-hydroxylation sites is 1. The number of aliphatic carboxylic acids is 1. The first-order valence-corrected chi connectivity index (χ1v) is 20.5. The summed E-state index contributed by atoms with van der Waals surface area (Å²) in [5.41, 5.74) is 2.02. The Morgan fingerprint density at radius 1 is 0.983 bits per heavy atom.